The molecule has 5 heteroatoms. The number of hydrogen-bond donors (Lipinski definition) is 1. The van der Waals surface area contributed by atoms with Crippen molar-refractivity contribution in [2.75, 3.05) is 0 Å². The molecular weight excluding hydrogens is 294 g/mol. The number of aryl methyl sites for hydroxylation is 2. The molecule has 3 aromatic rings. The minimum absolute atomic E-state index is 0.175. The summed E-state index contributed by atoms with van der Waals surface area (Å²) in [6.45, 7) is 8.75. The van der Waals surface area contributed by atoms with E-state index >= 15 is 0 Å². The van der Waals surface area contributed by atoms with Gasteiger partial charge in [0.2, 0.25) is 0 Å². The van der Waals surface area contributed by atoms with Gasteiger partial charge in [0.25, 0.3) is 0 Å². The van der Waals surface area contributed by atoms with Crippen LogP contribution >= 0.6 is 11.3 Å². The molecule has 0 bridgehead atoms. The second-order valence-electron chi connectivity index (χ2n) is 5.66. The molecular formula is C17H21N3OS. The highest BCUT2D eigenvalue weighted by molar-refractivity contribution is 7.17. The number of nitrogens with zero attached hydrogens (tertiary/aromatic N) is 2. The second kappa shape index (κ2) is 5.74. The molecule has 2 aromatic heterocycles. The van der Waals surface area contributed by atoms with Gasteiger partial charge in [-0.05, 0) is 52.0 Å². The number of rotatable bonds is 4. The van der Waals surface area contributed by atoms with Crippen LogP contribution in [-0.2, 0) is 6.54 Å². The maximum atomic E-state index is 5.99. The molecule has 0 aliphatic rings. The second-order valence-corrected chi connectivity index (χ2v) is 6.85. The lowest BCUT2D eigenvalue weighted by Crippen LogP contribution is -2.05. The molecule has 0 saturated heterocycles. The van der Waals surface area contributed by atoms with Crippen molar-refractivity contribution in [2.24, 2.45) is 5.73 Å². The number of aromatic nitrogens is 2. The summed E-state index contributed by atoms with van der Waals surface area (Å²) in [7, 11) is 0. The van der Waals surface area contributed by atoms with Crippen LogP contribution in [0.15, 0.2) is 24.3 Å². The molecule has 0 saturated carbocycles. The first kappa shape index (κ1) is 15.1. The monoisotopic (exact) mass is 315 g/mol. The minimum atomic E-state index is 0.175. The average Bonchev–Trinajstić information content (AvgIpc) is 2.96. The molecule has 0 atom stereocenters. The van der Waals surface area contributed by atoms with Crippen LogP contribution in [0.2, 0.25) is 0 Å². The standard InChI is InChI=1S/C17H21N3OS/c1-10(2)21-14-7-5-13(6-8-14)16-15(9-18)20-11(3)12(4)22-17(20)19-16/h5-8,10H,9,18H2,1-4H3. The Morgan fingerprint density at radius 1 is 1.23 bits per heavy atom. The summed E-state index contributed by atoms with van der Waals surface area (Å²) in [6.07, 6.45) is 0.175. The molecule has 2 heterocycles. The molecule has 1 aromatic carbocycles. The Bertz CT molecular complexity index is 800. The van der Waals surface area contributed by atoms with Crippen molar-refractivity contribution < 1.29 is 4.74 Å². The third-order valence-electron chi connectivity index (χ3n) is 3.72. The van der Waals surface area contributed by atoms with Gasteiger partial charge in [0.15, 0.2) is 4.96 Å². The van der Waals surface area contributed by atoms with Gasteiger partial charge in [0, 0.05) is 22.7 Å². The molecule has 3 rings (SSSR count). The zero-order chi connectivity index (χ0) is 15.9. The molecule has 116 valence electrons. The Labute approximate surface area is 134 Å². The summed E-state index contributed by atoms with van der Waals surface area (Å²) in [6, 6.07) is 8.07. The van der Waals surface area contributed by atoms with Crippen LogP contribution < -0.4 is 10.5 Å². The number of imidazole rings is 1. The topological polar surface area (TPSA) is 52.5 Å². The lowest BCUT2D eigenvalue weighted by Gasteiger charge is -2.10. The quantitative estimate of drug-likeness (QED) is 0.794. The SMILES string of the molecule is Cc1sc2nc(-c3ccc(OC(C)C)cc3)c(CN)n2c1C. The van der Waals surface area contributed by atoms with Crippen LogP contribution in [0, 0.1) is 13.8 Å². The van der Waals surface area contributed by atoms with E-state index in [0.717, 1.165) is 27.7 Å². The van der Waals surface area contributed by atoms with Crippen molar-refractivity contribution >= 4 is 16.3 Å². The normalized spacial score (nSPS) is 11.5. The molecule has 4 nitrogen and oxygen atoms in total. The zero-order valence-electron chi connectivity index (χ0n) is 13.4. The predicted molar refractivity (Wildman–Crippen MR) is 91.6 cm³/mol. The van der Waals surface area contributed by atoms with E-state index < -0.39 is 0 Å². The molecule has 0 amide bonds. The Hall–Kier alpha value is -1.85. The van der Waals surface area contributed by atoms with Crippen molar-refractivity contribution in [2.45, 2.75) is 40.3 Å². The lowest BCUT2D eigenvalue weighted by atomic mass is 10.1. The Kier molecular flexibility index (Phi) is 3.93. The van der Waals surface area contributed by atoms with Crippen LogP contribution in [0.4, 0.5) is 0 Å². The smallest absolute Gasteiger partial charge is 0.194 e. The van der Waals surface area contributed by atoms with Gasteiger partial charge in [-0.3, -0.25) is 4.40 Å². The van der Waals surface area contributed by atoms with Crippen LogP contribution in [-0.4, -0.2) is 15.5 Å². The number of nitrogens with two attached hydrogens (primary N) is 1. The first-order valence-electron chi connectivity index (χ1n) is 7.45. The molecule has 0 aliphatic carbocycles. The first-order chi connectivity index (χ1) is 10.5. The van der Waals surface area contributed by atoms with Crippen LogP contribution in [0.5, 0.6) is 5.75 Å². The number of thiazole rings is 1. The van der Waals surface area contributed by atoms with E-state index in [1.807, 2.05) is 38.1 Å². The molecule has 22 heavy (non-hydrogen) atoms. The van der Waals surface area contributed by atoms with Gasteiger partial charge in [-0.1, -0.05) is 0 Å². The van der Waals surface area contributed by atoms with E-state index in [-0.39, 0.29) is 6.10 Å². The summed E-state index contributed by atoms with van der Waals surface area (Å²) in [5.41, 5.74) is 10.3. The van der Waals surface area contributed by atoms with Crippen LogP contribution in [0.3, 0.4) is 0 Å². The van der Waals surface area contributed by atoms with E-state index in [2.05, 4.69) is 18.2 Å². The molecule has 0 radical (unpaired) electrons. The summed E-state index contributed by atoms with van der Waals surface area (Å²) in [5, 5.41) is 0. The summed E-state index contributed by atoms with van der Waals surface area (Å²) in [4.78, 5) is 7.08. The molecule has 0 aliphatic heterocycles. The van der Waals surface area contributed by atoms with Gasteiger partial charge in [-0.15, -0.1) is 11.3 Å². The van der Waals surface area contributed by atoms with Crippen LogP contribution in [0.25, 0.3) is 16.2 Å². The summed E-state index contributed by atoms with van der Waals surface area (Å²) >= 11 is 1.71. The highest BCUT2D eigenvalue weighted by Gasteiger charge is 2.17. The Morgan fingerprint density at radius 2 is 1.91 bits per heavy atom. The number of benzene rings is 1. The van der Waals surface area contributed by atoms with Gasteiger partial charge < -0.3 is 10.5 Å². The van der Waals surface area contributed by atoms with E-state index in [9.17, 15) is 0 Å². The van der Waals surface area contributed by atoms with Gasteiger partial charge in [-0.25, -0.2) is 4.98 Å². The zero-order valence-corrected chi connectivity index (χ0v) is 14.2. The van der Waals surface area contributed by atoms with Crippen molar-refractivity contribution in [1.29, 1.82) is 0 Å². The average molecular weight is 315 g/mol. The number of ether oxygens (including phenoxy) is 1. The first-order valence-corrected chi connectivity index (χ1v) is 8.27. The maximum absolute atomic E-state index is 5.99. The lowest BCUT2D eigenvalue weighted by molar-refractivity contribution is 0.242. The highest BCUT2D eigenvalue weighted by Crippen LogP contribution is 2.31. The summed E-state index contributed by atoms with van der Waals surface area (Å²) < 4.78 is 7.87. The van der Waals surface area contributed by atoms with Gasteiger partial charge >= 0.3 is 0 Å². The van der Waals surface area contributed by atoms with Crippen molar-refractivity contribution in [3.63, 3.8) is 0 Å². The predicted octanol–water partition coefficient (Wildman–Crippen LogP) is 3.93. The third kappa shape index (κ3) is 2.51. The fraction of sp³-hybridized carbons (Fsp3) is 0.353. The fourth-order valence-electron chi connectivity index (χ4n) is 2.60. The largest absolute Gasteiger partial charge is 0.491 e. The third-order valence-corrected chi connectivity index (χ3v) is 4.78. The van der Waals surface area contributed by atoms with E-state index in [0.29, 0.717) is 6.54 Å². The molecule has 2 N–H and O–H groups in total. The molecule has 0 spiro atoms. The Balaban J connectivity index is 2.06. The van der Waals surface area contributed by atoms with E-state index in [1.165, 1.54) is 10.6 Å². The van der Waals surface area contributed by atoms with Crippen LogP contribution in [0.1, 0.15) is 30.1 Å². The molecule has 0 unspecified atom stereocenters. The highest BCUT2D eigenvalue weighted by atomic mass is 32.1. The minimum Gasteiger partial charge on any atom is -0.491 e. The number of hydrogen-bond acceptors (Lipinski definition) is 4. The van der Waals surface area contributed by atoms with Crippen molar-refractivity contribution in [3.05, 3.63) is 40.5 Å². The van der Waals surface area contributed by atoms with Gasteiger partial charge in [0.1, 0.15) is 5.75 Å². The van der Waals surface area contributed by atoms with Crippen molar-refractivity contribution in [1.82, 2.24) is 9.38 Å². The van der Waals surface area contributed by atoms with Gasteiger partial charge in [0.05, 0.1) is 17.5 Å². The van der Waals surface area contributed by atoms with Crippen molar-refractivity contribution in [3.8, 4) is 17.0 Å². The fourth-order valence-corrected chi connectivity index (χ4v) is 3.58. The summed E-state index contributed by atoms with van der Waals surface area (Å²) in [5.74, 6) is 0.876. The van der Waals surface area contributed by atoms with E-state index in [4.69, 9.17) is 15.5 Å². The molecule has 0 fully saturated rings. The maximum Gasteiger partial charge on any atom is 0.194 e. The van der Waals surface area contributed by atoms with E-state index in [1.54, 1.807) is 11.3 Å². The number of fused-ring (bicyclic) bond motifs is 1. The Morgan fingerprint density at radius 3 is 2.50 bits per heavy atom. The van der Waals surface area contributed by atoms with Gasteiger partial charge in [-0.2, -0.15) is 0 Å².